The average molecular weight is 236 g/mol. The molecule has 1 heterocycles. The van der Waals surface area contributed by atoms with Gasteiger partial charge < -0.3 is 15.4 Å². The van der Waals surface area contributed by atoms with Crippen molar-refractivity contribution in [3.63, 3.8) is 0 Å². The van der Waals surface area contributed by atoms with Crippen LogP contribution in [0.25, 0.3) is 0 Å². The lowest BCUT2D eigenvalue weighted by atomic mass is 10.1. The molecule has 94 valence electrons. The summed E-state index contributed by atoms with van der Waals surface area (Å²) >= 11 is 0. The SMILES string of the molecule is CCOc1ccccc1C[NH+]1CCCC([NH3+])C1. The van der Waals surface area contributed by atoms with E-state index in [-0.39, 0.29) is 0 Å². The minimum absolute atomic E-state index is 0.623. The van der Waals surface area contributed by atoms with Crippen LogP contribution in [0.3, 0.4) is 0 Å². The Morgan fingerprint density at radius 3 is 3.00 bits per heavy atom. The molecule has 4 N–H and O–H groups in total. The van der Waals surface area contributed by atoms with E-state index < -0.39 is 0 Å². The van der Waals surface area contributed by atoms with Gasteiger partial charge in [0.05, 0.1) is 13.2 Å². The van der Waals surface area contributed by atoms with Gasteiger partial charge in [0.15, 0.2) is 0 Å². The summed E-state index contributed by atoms with van der Waals surface area (Å²) in [5.74, 6) is 1.05. The number of rotatable bonds is 4. The van der Waals surface area contributed by atoms with Gasteiger partial charge in [0.1, 0.15) is 24.9 Å². The van der Waals surface area contributed by atoms with Crippen LogP contribution in [0.2, 0.25) is 0 Å². The van der Waals surface area contributed by atoms with E-state index in [4.69, 9.17) is 4.74 Å². The maximum atomic E-state index is 5.68. The third-order valence-corrected chi connectivity index (χ3v) is 3.43. The summed E-state index contributed by atoms with van der Waals surface area (Å²) in [4.78, 5) is 1.64. The van der Waals surface area contributed by atoms with Crippen LogP contribution in [0.15, 0.2) is 24.3 Å². The van der Waals surface area contributed by atoms with E-state index in [0.29, 0.717) is 6.04 Å². The van der Waals surface area contributed by atoms with Gasteiger partial charge in [0, 0.05) is 18.4 Å². The van der Waals surface area contributed by atoms with Crippen LogP contribution in [0, 0.1) is 0 Å². The fraction of sp³-hybridized carbons (Fsp3) is 0.571. The van der Waals surface area contributed by atoms with E-state index >= 15 is 0 Å². The van der Waals surface area contributed by atoms with Gasteiger partial charge >= 0.3 is 0 Å². The molecule has 17 heavy (non-hydrogen) atoms. The minimum atomic E-state index is 0.623. The van der Waals surface area contributed by atoms with E-state index in [1.807, 2.05) is 13.0 Å². The first-order valence-corrected chi connectivity index (χ1v) is 6.67. The summed E-state index contributed by atoms with van der Waals surface area (Å²) < 4.78 is 5.68. The number of nitrogens with one attached hydrogen (secondary N) is 1. The summed E-state index contributed by atoms with van der Waals surface area (Å²) in [5.41, 5.74) is 5.53. The van der Waals surface area contributed by atoms with Crippen LogP contribution in [0.4, 0.5) is 0 Å². The van der Waals surface area contributed by atoms with Gasteiger partial charge in [0.2, 0.25) is 0 Å². The van der Waals surface area contributed by atoms with Crippen LogP contribution < -0.4 is 15.4 Å². The maximum Gasteiger partial charge on any atom is 0.134 e. The predicted octanol–water partition coefficient (Wildman–Crippen LogP) is -0.125. The number of piperidine rings is 1. The standard InChI is InChI=1S/C14H22N2O/c1-2-17-14-8-4-3-6-12(14)10-16-9-5-7-13(15)11-16/h3-4,6,8,13H,2,5,7,9-11,15H2,1H3/p+2. The molecule has 0 amide bonds. The summed E-state index contributed by atoms with van der Waals surface area (Å²) in [5, 5.41) is 0. The second-order valence-electron chi connectivity index (χ2n) is 4.93. The van der Waals surface area contributed by atoms with E-state index in [1.54, 1.807) is 4.90 Å². The molecule has 0 spiro atoms. The minimum Gasteiger partial charge on any atom is -0.493 e. The molecule has 0 bridgehead atoms. The van der Waals surface area contributed by atoms with Crippen molar-refractivity contribution in [2.75, 3.05) is 19.7 Å². The predicted molar refractivity (Wildman–Crippen MR) is 67.9 cm³/mol. The van der Waals surface area contributed by atoms with Crippen molar-refractivity contribution >= 4 is 0 Å². The molecule has 1 aliphatic rings. The molecule has 0 saturated carbocycles. The highest BCUT2D eigenvalue weighted by molar-refractivity contribution is 5.32. The van der Waals surface area contributed by atoms with E-state index in [1.165, 1.54) is 31.5 Å². The van der Waals surface area contributed by atoms with Gasteiger partial charge in [-0.05, 0) is 19.1 Å². The molecule has 2 rings (SSSR count). The van der Waals surface area contributed by atoms with Gasteiger partial charge in [-0.25, -0.2) is 0 Å². The zero-order valence-electron chi connectivity index (χ0n) is 10.7. The van der Waals surface area contributed by atoms with Crippen LogP contribution in [-0.4, -0.2) is 25.7 Å². The molecule has 3 nitrogen and oxygen atoms in total. The molecule has 1 fully saturated rings. The molecule has 1 saturated heterocycles. The van der Waals surface area contributed by atoms with Crippen molar-refractivity contribution in [2.45, 2.75) is 32.4 Å². The molecule has 0 aliphatic carbocycles. The monoisotopic (exact) mass is 236 g/mol. The molecular formula is C14H24N2O+2. The second kappa shape index (κ2) is 6.03. The lowest BCUT2D eigenvalue weighted by molar-refractivity contribution is -0.928. The smallest absolute Gasteiger partial charge is 0.134 e. The molecule has 2 atom stereocenters. The second-order valence-corrected chi connectivity index (χ2v) is 4.93. The van der Waals surface area contributed by atoms with Crippen LogP contribution in [-0.2, 0) is 6.54 Å². The quantitative estimate of drug-likeness (QED) is 0.751. The topological polar surface area (TPSA) is 41.3 Å². The molecule has 0 aromatic heterocycles. The number of hydrogen-bond donors (Lipinski definition) is 2. The normalized spacial score (nSPS) is 24.6. The Morgan fingerprint density at radius 2 is 2.24 bits per heavy atom. The van der Waals surface area contributed by atoms with Crippen molar-refractivity contribution < 1.29 is 15.4 Å². The first-order chi connectivity index (χ1) is 8.29. The molecule has 3 heteroatoms. The lowest BCUT2D eigenvalue weighted by Gasteiger charge is -2.26. The van der Waals surface area contributed by atoms with Crippen molar-refractivity contribution in [2.24, 2.45) is 0 Å². The number of ether oxygens (including phenoxy) is 1. The van der Waals surface area contributed by atoms with Crippen molar-refractivity contribution in [3.8, 4) is 5.75 Å². The summed E-state index contributed by atoms with van der Waals surface area (Å²) in [7, 11) is 0. The van der Waals surface area contributed by atoms with Crippen molar-refractivity contribution in [1.29, 1.82) is 0 Å². The van der Waals surface area contributed by atoms with E-state index in [2.05, 4.69) is 23.9 Å². The largest absolute Gasteiger partial charge is 0.493 e. The van der Waals surface area contributed by atoms with Gasteiger partial charge in [-0.15, -0.1) is 0 Å². The van der Waals surface area contributed by atoms with Crippen LogP contribution >= 0.6 is 0 Å². The Kier molecular flexibility index (Phi) is 4.40. The fourth-order valence-electron chi connectivity index (χ4n) is 2.63. The van der Waals surface area contributed by atoms with Crippen molar-refractivity contribution in [1.82, 2.24) is 0 Å². The van der Waals surface area contributed by atoms with Crippen LogP contribution in [0.5, 0.6) is 5.75 Å². The van der Waals surface area contributed by atoms with E-state index in [9.17, 15) is 0 Å². The lowest BCUT2D eigenvalue weighted by Crippen LogP contribution is -3.14. The number of benzene rings is 1. The Labute approximate surface area is 104 Å². The third kappa shape index (κ3) is 3.45. The first-order valence-electron chi connectivity index (χ1n) is 6.67. The van der Waals surface area contributed by atoms with E-state index in [0.717, 1.165) is 18.9 Å². The summed E-state index contributed by atoms with van der Waals surface area (Å²) in [6.45, 7) is 6.32. The number of hydrogen-bond acceptors (Lipinski definition) is 1. The van der Waals surface area contributed by atoms with Gasteiger partial charge in [0.25, 0.3) is 0 Å². The highest BCUT2D eigenvalue weighted by Crippen LogP contribution is 2.16. The highest BCUT2D eigenvalue weighted by Gasteiger charge is 2.23. The molecular weight excluding hydrogens is 212 g/mol. The molecule has 0 radical (unpaired) electrons. The van der Waals surface area contributed by atoms with Gasteiger partial charge in [-0.2, -0.15) is 0 Å². The Morgan fingerprint density at radius 1 is 1.41 bits per heavy atom. The molecule has 1 aromatic carbocycles. The third-order valence-electron chi connectivity index (χ3n) is 3.43. The molecule has 1 aromatic rings. The average Bonchev–Trinajstić information content (AvgIpc) is 2.32. The Hall–Kier alpha value is -1.06. The molecule has 2 unspecified atom stereocenters. The summed E-state index contributed by atoms with van der Waals surface area (Å²) in [6, 6.07) is 9.03. The Bertz CT molecular complexity index is 354. The maximum absolute atomic E-state index is 5.68. The van der Waals surface area contributed by atoms with Crippen molar-refractivity contribution in [3.05, 3.63) is 29.8 Å². The number of likely N-dealkylation sites (tertiary alicyclic amines) is 1. The highest BCUT2D eigenvalue weighted by atomic mass is 16.5. The number of quaternary nitrogens is 2. The Balaban J connectivity index is 2.01. The zero-order valence-corrected chi connectivity index (χ0v) is 10.7. The number of para-hydroxylation sites is 1. The van der Waals surface area contributed by atoms with Crippen LogP contribution in [0.1, 0.15) is 25.3 Å². The zero-order chi connectivity index (χ0) is 12.1. The van der Waals surface area contributed by atoms with Gasteiger partial charge in [-0.3, -0.25) is 0 Å². The fourth-order valence-corrected chi connectivity index (χ4v) is 2.63. The summed E-state index contributed by atoms with van der Waals surface area (Å²) in [6.07, 6.45) is 2.59. The molecule has 1 aliphatic heterocycles. The first kappa shape index (κ1) is 12.4. The van der Waals surface area contributed by atoms with Gasteiger partial charge in [-0.1, -0.05) is 12.1 Å².